The maximum absolute atomic E-state index is 12.2. The summed E-state index contributed by atoms with van der Waals surface area (Å²) in [6, 6.07) is 4.21. The molecule has 0 aliphatic heterocycles. The van der Waals surface area contributed by atoms with E-state index in [1.807, 2.05) is 27.8 Å². The van der Waals surface area contributed by atoms with Crippen molar-refractivity contribution in [1.29, 1.82) is 0 Å². The van der Waals surface area contributed by atoms with E-state index in [1.165, 1.54) is 11.1 Å². The van der Waals surface area contributed by atoms with Crippen LogP contribution in [-0.2, 0) is 4.79 Å². The summed E-state index contributed by atoms with van der Waals surface area (Å²) >= 11 is 0. The third-order valence-corrected chi connectivity index (χ3v) is 3.53. The topological polar surface area (TPSA) is 46.3 Å². The van der Waals surface area contributed by atoms with Crippen LogP contribution in [0.3, 0.4) is 0 Å². The highest BCUT2D eigenvalue weighted by atomic mass is 16.2. The zero-order chi connectivity index (χ0) is 14.8. The van der Waals surface area contributed by atoms with Gasteiger partial charge >= 0.3 is 0 Å². The van der Waals surface area contributed by atoms with Crippen LogP contribution in [0.2, 0.25) is 0 Å². The summed E-state index contributed by atoms with van der Waals surface area (Å²) in [5.41, 5.74) is 10.2. The highest BCUT2D eigenvalue weighted by molar-refractivity contribution is 5.93. The van der Waals surface area contributed by atoms with Crippen molar-refractivity contribution in [3.63, 3.8) is 0 Å². The molecule has 0 bridgehead atoms. The zero-order valence-corrected chi connectivity index (χ0v) is 13.0. The van der Waals surface area contributed by atoms with Gasteiger partial charge in [-0.3, -0.25) is 4.79 Å². The molecular weight excluding hydrogens is 236 g/mol. The number of aryl methyl sites for hydroxylation is 3. The Morgan fingerprint density at radius 1 is 1.16 bits per heavy atom. The molecule has 2 N–H and O–H groups in total. The van der Waals surface area contributed by atoms with Crippen molar-refractivity contribution in [3.05, 3.63) is 28.8 Å². The Balaban J connectivity index is 2.85. The van der Waals surface area contributed by atoms with E-state index in [0.29, 0.717) is 12.8 Å². The molecule has 3 nitrogen and oxygen atoms in total. The molecule has 1 aromatic rings. The number of rotatable bonds is 4. The van der Waals surface area contributed by atoms with Gasteiger partial charge in [-0.05, 0) is 63.8 Å². The third-order valence-electron chi connectivity index (χ3n) is 3.53. The molecule has 3 heteroatoms. The Bertz CT molecular complexity index is 472. The summed E-state index contributed by atoms with van der Waals surface area (Å²) in [5.74, 6) is 0.116. The number of nitrogens with zero attached hydrogens (tertiary/aromatic N) is 1. The molecular formula is C16H26N2O. The Morgan fingerprint density at radius 2 is 1.68 bits per heavy atom. The molecule has 0 aliphatic carbocycles. The summed E-state index contributed by atoms with van der Waals surface area (Å²) in [6.07, 6.45) is 1.17. The molecule has 0 atom stereocenters. The second-order valence-electron chi connectivity index (χ2n) is 6.16. The lowest BCUT2D eigenvalue weighted by Crippen LogP contribution is -2.35. The third kappa shape index (κ3) is 4.35. The van der Waals surface area contributed by atoms with E-state index in [-0.39, 0.29) is 11.4 Å². The van der Waals surface area contributed by atoms with Gasteiger partial charge in [0.1, 0.15) is 0 Å². The quantitative estimate of drug-likeness (QED) is 0.906. The van der Waals surface area contributed by atoms with E-state index in [2.05, 4.69) is 26.0 Å². The molecule has 0 heterocycles. The molecule has 19 heavy (non-hydrogen) atoms. The number of hydrogen-bond acceptors (Lipinski definition) is 2. The summed E-state index contributed by atoms with van der Waals surface area (Å²) < 4.78 is 0. The molecule has 0 aliphatic rings. The van der Waals surface area contributed by atoms with E-state index in [1.54, 1.807) is 4.90 Å². The Morgan fingerprint density at radius 3 is 2.21 bits per heavy atom. The number of nitrogens with two attached hydrogens (primary N) is 1. The second-order valence-corrected chi connectivity index (χ2v) is 6.16. The number of benzene rings is 1. The number of amides is 1. The van der Waals surface area contributed by atoms with Crippen LogP contribution in [0.25, 0.3) is 0 Å². The Kier molecular flexibility index (Phi) is 4.75. The van der Waals surface area contributed by atoms with Crippen LogP contribution < -0.4 is 10.6 Å². The monoisotopic (exact) mass is 262 g/mol. The maximum Gasteiger partial charge on any atom is 0.226 e. The van der Waals surface area contributed by atoms with Crippen molar-refractivity contribution in [3.8, 4) is 0 Å². The minimum absolute atomic E-state index is 0.116. The van der Waals surface area contributed by atoms with E-state index >= 15 is 0 Å². The van der Waals surface area contributed by atoms with Gasteiger partial charge in [0.15, 0.2) is 0 Å². The van der Waals surface area contributed by atoms with Gasteiger partial charge in [-0.2, -0.15) is 0 Å². The number of anilines is 1. The van der Waals surface area contributed by atoms with Crippen LogP contribution >= 0.6 is 0 Å². The van der Waals surface area contributed by atoms with Crippen molar-refractivity contribution in [1.82, 2.24) is 0 Å². The Hall–Kier alpha value is -1.35. The standard InChI is InChI=1S/C16H26N2O/c1-11-9-13(3)14(10-12(11)2)18(6)15(19)7-8-16(4,5)17/h9-10H,7-8,17H2,1-6H3. The van der Waals surface area contributed by atoms with Crippen molar-refractivity contribution in [2.75, 3.05) is 11.9 Å². The molecule has 0 radical (unpaired) electrons. The first-order valence-corrected chi connectivity index (χ1v) is 6.75. The van der Waals surface area contributed by atoms with Gasteiger partial charge in [0.05, 0.1) is 0 Å². The highest BCUT2D eigenvalue weighted by Crippen LogP contribution is 2.24. The summed E-state index contributed by atoms with van der Waals surface area (Å²) in [4.78, 5) is 14.0. The minimum Gasteiger partial charge on any atom is -0.326 e. The molecule has 0 aromatic heterocycles. The van der Waals surface area contributed by atoms with Crippen molar-refractivity contribution in [2.45, 2.75) is 53.0 Å². The van der Waals surface area contributed by atoms with Gasteiger partial charge in [-0.25, -0.2) is 0 Å². The van der Waals surface area contributed by atoms with Crippen LogP contribution in [-0.4, -0.2) is 18.5 Å². The molecule has 0 saturated carbocycles. The molecule has 0 fully saturated rings. The fraction of sp³-hybridized carbons (Fsp3) is 0.562. The minimum atomic E-state index is -0.297. The Labute approximate surface area is 116 Å². The van der Waals surface area contributed by atoms with Gasteiger partial charge in [0, 0.05) is 24.7 Å². The summed E-state index contributed by atoms with van der Waals surface area (Å²) in [6.45, 7) is 10.1. The van der Waals surface area contributed by atoms with Gasteiger partial charge in [-0.15, -0.1) is 0 Å². The predicted octanol–water partition coefficient (Wildman–Crippen LogP) is 3.09. The van der Waals surface area contributed by atoms with Gasteiger partial charge in [-0.1, -0.05) is 6.07 Å². The van der Waals surface area contributed by atoms with E-state index in [4.69, 9.17) is 5.73 Å². The molecule has 106 valence electrons. The SMILES string of the molecule is Cc1cc(C)c(N(C)C(=O)CCC(C)(C)N)cc1C. The molecule has 1 aromatic carbocycles. The number of carbonyl (C=O) groups is 1. The van der Waals surface area contributed by atoms with Gasteiger partial charge < -0.3 is 10.6 Å². The molecule has 0 saturated heterocycles. The van der Waals surface area contributed by atoms with Crippen LogP contribution in [0, 0.1) is 20.8 Å². The van der Waals surface area contributed by atoms with Crippen molar-refractivity contribution >= 4 is 11.6 Å². The second kappa shape index (κ2) is 5.74. The summed E-state index contributed by atoms with van der Waals surface area (Å²) in [5, 5.41) is 0. The molecule has 0 unspecified atom stereocenters. The van der Waals surface area contributed by atoms with Crippen molar-refractivity contribution in [2.24, 2.45) is 5.73 Å². The molecule has 0 spiro atoms. The number of carbonyl (C=O) groups excluding carboxylic acids is 1. The first kappa shape index (κ1) is 15.7. The lowest BCUT2D eigenvalue weighted by molar-refractivity contribution is -0.118. The van der Waals surface area contributed by atoms with Crippen LogP contribution in [0.4, 0.5) is 5.69 Å². The normalized spacial score (nSPS) is 11.5. The van der Waals surface area contributed by atoms with Crippen molar-refractivity contribution < 1.29 is 4.79 Å². The van der Waals surface area contributed by atoms with E-state index in [0.717, 1.165) is 11.3 Å². The fourth-order valence-corrected chi connectivity index (χ4v) is 2.04. The largest absolute Gasteiger partial charge is 0.326 e. The lowest BCUT2D eigenvalue weighted by atomic mass is 9.99. The molecule has 1 rings (SSSR count). The van der Waals surface area contributed by atoms with E-state index < -0.39 is 0 Å². The summed E-state index contributed by atoms with van der Waals surface area (Å²) in [7, 11) is 1.84. The van der Waals surface area contributed by atoms with E-state index in [9.17, 15) is 4.79 Å². The average molecular weight is 262 g/mol. The lowest BCUT2D eigenvalue weighted by Gasteiger charge is -2.23. The van der Waals surface area contributed by atoms with Crippen LogP contribution in [0.1, 0.15) is 43.4 Å². The smallest absolute Gasteiger partial charge is 0.226 e. The zero-order valence-electron chi connectivity index (χ0n) is 13.0. The maximum atomic E-state index is 12.2. The van der Waals surface area contributed by atoms with Gasteiger partial charge in [0.25, 0.3) is 0 Å². The van der Waals surface area contributed by atoms with Crippen LogP contribution in [0.15, 0.2) is 12.1 Å². The first-order chi connectivity index (χ1) is 8.61. The number of hydrogen-bond donors (Lipinski definition) is 1. The molecule has 1 amide bonds. The van der Waals surface area contributed by atoms with Gasteiger partial charge in [0.2, 0.25) is 5.91 Å². The fourth-order valence-electron chi connectivity index (χ4n) is 2.04. The highest BCUT2D eigenvalue weighted by Gasteiger charge is 2.18. The first-order valence-electron chi connectivity index (χ1n) is 6.75. The predicted molar refractivity (Wildman–Crippen MR) is 81.6 cm³/mol. The van der Waals surface area contributed by atoms with Crippen LogP contribution in [0.5, 0.6) is 0 Å². The average Bonchev–Trinajstić information content (AvgIpc) is 2.29.